The number of rotatable bonds is 3. The third kappa shape index (κ3) is 2.47. The van der Waals surface area contributed by atoms with Crippen LogP contribution in [0.5, 0.6) is 11.5 Å². The fraction of sp³-hybridized carbons (Fsp3) is 0.353. The summed E-state index contributed by atoms with van der Waals surface area (Å²) < 4.78 is 10.7. The van der Waals surface area contributed by atoms with Crippen molar-refractivity contribution in [2.45, 2.75) is 26.4 Å². The number of hydrogen-bond acceptors (Lipinski definition) is 4. The van der Waals surface area contributed by atoms with Crippen molar-refractivity contribution < 1.29 is 19.4 Å². The van der Waals surface area contributed by atoms with E-state index in [0.717, 1.165) is 5.56 Å². The van der Waals surface area contributed by atoms with Gasteiger partial charge in [-0.05, 0) is 61.8 Å². The molecule has 0 aliphatic heterocycles. The van der Waals surface area contributed by atoms with Crippen LogP contribution in [0.4, 0.5) is 0 Å². The van der Waals surface area contributed by atoms with Crippen LogP contribution in [0.2, 0.25) is 0 Å². The van der Waals surface area contributed by atoms with Crippen molar-refractivity contribution in [3.05, 3.63) is 46.6 Å². The average Bonchev–Trinajstić information content (AvgIpc) is 2.44. The molecule has 0 fully saturated rings. The van der Waals surface area contributed by atoms with Gasteiger partial charge >= 0.3 is 0 Å². The molecule has 1 aromatic carbocycles. The van der Waals surface area contributed by atoms with Crippen LogP contribution in [0, 0.1) is 6.92 Å². The second-order valence-corrected chi connectivity index (χ2v) is 5.31. The number of aryl methyl sites for hydroxylation is 1. The highest BCUT2D eigenvalue weighted by atomic mass is 16.5. The van der Waals surface area contributed by atoms with Crippen LogP contribution >= 0.6 is 0 Å². The second kappa shape index (κ2) is 5.37. The first-order chi connectivity index (χ1) is 9.83. The molecular formula is C17H20O4. The van der Waals surface area contributed by atoms with Crippen molar-refractivity contribution >= 4 is 5.78 Å². The Morgan fingerprint density at radius 2 is 1.67 bits per heavy atom. The quantitative estimate of drug-likeness (QED) is 0.929. The van der Waals surface area contributed by atoms with Crippen molar-refractivity contribution in [1.82, 2.24) is 0 Å². The van der Waals surface area contributed by atoms with Gasteiger partial charge in [0.25, 0.3) is 0 Å². The van der Waals surface area contributed by atoms with Gasteiger partial charge in [0.2, 0.25) is 0 Å². The maximum atomic E-state index is 11.7. The SMILES string of the molecule is COc1cc(C2(O)C=C(C)C(=O)C=C2C)c(OC)cc1C. The molecule has 0 radical (unpaired) electrons. The monoisotopic (exact) mass is 288 g/mol. The second-order valence-electron chi connectivity index (χ2n) is 5.31. The summed E-state index contributed by atoms with van der Waals surface area (Å²) in [6.45, 7) is 5.32. The van der Waals surface area contributed by atoms with E-state index < -0.39 is 5.60 Å². The standard InChI is InChI=1S/C17H20O4/c1-10-6-16(21-5)13(8-15(10)20-4)17(19)9-11(2)14(18)7-12(17)3/h6-9,19H,1-5H3. The lowest BCUT2D eigenvalue weighted by Gasteiger charge is -2.31. The normalized spacial score (nSPS) is 21.7. The predicted molar refractivity (Wildman–Crippen MR) is 80.7 cm³/mol. The first-order valence-corrected chi connectivity index (χ1v) is 6.71. The zero-order valence-corrected chi connectivity index (χ0v) is 13.0. The minimum atomic E-state index is -1.37. The molecule has 2 rings (SSSR count). The van der Waals surface area contributed by atoms with Gasteiger partial charge in [0.05, 0.1) is 14.2 Å². The fourth-order valence-corrected chi connectivity index (χ4v) is 2.56. The highest BCUT2D eigenvalue weighted by Crippen LogP contribution is 2.42. The molecule has 112 valence electrons. The molecule has 21 heavy (non-hydrogen) atoms. The van der Waals surface area contributed by atoms with Gasteiger partial charge in [-0.25, -0.2) is 0 Å². The molecule has 0 bridgehead atoms. The van der Waals surface area contributed by atoms with Crippen LogP contribution in [0.25, 0.3) is 0 Å². The van der Waals surface area contributed by atoms with Crippen molar-refractivity contribution in [3.63, 3.8) is 0 Å². The lowest BCUT2D eigenvalue weighted by molar-refractivity contribution is -0.111. The van der Waals surface area contributed by atoms with Crippen molar-refractivity contribution in [2.75, 3.05) is 14.2 Å². The average molecular weight is 288 g/mol. The summed E-state index contributed by atoms with van der Waals surface area (Å²) in [5.41, 5.74) is 1.17. The van der Waals surface area contributed by atoms with E-state index in [2.05, 4.69) is 0 Å². The van der Waals surface area contributed by atoms with Gasteiger partial charge in [-0.1, -0.05) is 0 Å². The molecule has 4 heteroatoms. The zero-order valence-electron chi connectivity index (χ0n) is 13.0. The third-order valence-electron chi connectivity index (χ3n) is 3.89. The van der Waals surface area contributed by atoms with Crippen LogP contribution in [0.15, 0.2) is 35.4 Å². The summed E-state index contributed by atoms with van der Waals surface area (Å²) in [7, 11) is 3.13. The summed E-state index contributed by atoms with van der Waals surface area (Å²) in [5, 5.41) is 11.1. The molecule has 0 spiro atoms. The highest BCUT2D eigenvalue weighted by Gasteiger charge is 2.36. The summed E-state index contributed by atoms with van der Waals surface area (Å²) in [6.07, 6.45) is 3.03. The summed E-state index contributed by atoms with van der Waals surface area (Å²) >= 11 is 0. The molecule has 0 aromatic heterocycles. The topological polar surface area (TPSA) is 55.8 Å². The van der Waals surface area contributed by atoms with Crippen LogP contribution in [0.1, 0.15) is 25.0 Å². The summed E-state index contributed by atoms with van der Waals surface area (Å²) in [6, 6.07) is 3.57. The van der Waals surface area contributed by atoms with E-state index in [1.807, 2.05) is 13.0 Å². The van der Waals surface area contributed by atoms with Gasteiger partial charge in [-0.3, -0.25) is 4.79 Å². The number of ether oxygens (including phenoxy) is 2. The molecule has 0 heterocycles. The number of methoxy groups -OCH3 is 2. The highest BCUT2D eigenvalue weighted by molar-refractivity contribution is 6.05. The Morgan fingerprint density at radius 3 is 2.24 bits per heavy atom. The van der Waals surface area contributed by atoms with Gasteiger partial charge in [0, 0.05) is 5.56 Å². The molecule has 0 saturated heterocycles. The number of ketones is 1. The Kier molecular flexibility index (Phi) is 3.92. The maximum absolute atomic E-state index is 11.7. The zero-order chi connectivity index (χ0) is 15.8. The van der Waals surface area contributed by atoms with Gasteiger partial charge in [-0.2, -0.15) is 0 Å². The number of hydrogen-bond donors (Lipinski definition) is 1. The molecule has 1 aliphatic rings. The smallest absolute Gasteiger partial charge is 0.181 e. The molecule has 0 amide bonds. The molecule has 1 aliphatic carbocycles. The van der Waals surface area contributed by atoms with Crippen molar-refractivity contribution in [1.29, 1.82) is 0 Å². The molecular weight excluding hydrogens is 268 g/mol. The van der Waals surface area contributed by atoms with Crippen molar-refractivity contribution in [2.24, 2.45) is 0 Å². The molecule has 1 aromatic rings. The first-order valence-electron chi connectivity index (χ1n) is 6.71. The number of carbonyl (C=O) groups is 1. The van der Waals surface area contributed by atoms with E-state index in [4.69, 9.17) is 9.47 Å². The van der Waals surface area contributed by atoms with E-state index in [0.29, 0.717) is 28.2 Å². The van der Waals surface area contributed by atoms with E-state index in [1.165, 1.54) is 6.08 Å². The Bertz CT molecular complexity index is 655. The minimum Gasteiger partial charge on any atom is -0.496 e. The van der Waals surface area contributed by atoms with Gasteiger partial charge in [0.15, 0.2) is 5.78 Å². The number of carbonyl (C=O) groups excluding carboxylic acids is 1. The van der Waals surface area contributed by atoms with E-state index in [9.17, 15) is 9.90 Å². The predicted octanol–water partition coefficient (Wildman–Crippen LogP) is 2.68. The van der Waals surface area contributed by atoms with Crippen LogP contribution in [0.3, 0.4) is 0 Å². The molecule has 1 atom stereocenters. The first kappa shape index (κ1) is 15.3. The van der Waals surface area contributed by atoms with Crippen molar-refractivity contribution in [3.8, 4) is 11.5 Å². The largest absolute Gasteiger partial charge is 0.496 e. The molecule has 1 unspecified atom stereocenters. The van der Waals surface area contributed by atoms with Crippen LogP contribution in [-0.2, 0) is 10.4 Å². The minimum absolute atomic E-state index is 0.0878. The molecule has 0 saturated carbocycles. The van der Waals surface area contributed by atoms with Crippen LogP contribution < -0.4 is 9.47 Å². The van der Waals surface area contributed by atoms with Crippen LogP contribution in [-0.4, -0.2) is 25.1 Å². The van der Waals surface area contributed by atoms with E-state index >= 15 is 0 Å². The lowest BCUT2D eigenvalue weighted by Crippen LogP contribution is -2.30. The van der Waals surface area contributed by atoms with Gasteiger partial charge < -0.3 is 14.6 Å². The third-order valence-corrected chi connectivity index (χ3v) is 3.89. The Hall–Kier alpha value is -2.07. The number of aliphatic hydroxyl groups is 1. The summed E-state index contributed by atoms with van der Waals surface area (Å²) in [4.78, 5) is 11.7. The fourth-order valence-electron chi connectivity index (χ4n) is 2.56. The number of benzene rings is 1. The van der Waals surface area contributed by atoms with E-state index in [-0.39, 0.29) is 5.78 Å². The number of allylic oxidation sites excluding steroid dienone is 2. The Morgan fingerprint density at radius 1 is 1.05 bits per heavy atom. The lowest BCUT2D eigenvalue weighted by atomic mass is 9.80. The van der Waals surface area contributed by atoms with Gasteiger partial charge in [-0.15, -0.1) is 0 Å². The molecule has 1 N–H and O–H groups in total. The van der Waals surface area contributed by atoms with Gasteiger partial charge in [0.1, 0.15) is 17.1 Å². The van der Waals surface area contributed by atoms with E-state index in [1.54, 1.807) is 40.2 Å². The Balaban J connectivity index is 2.70. The Labute approximate surface area is 124 Å². The summed E-state index contributed by atoms with van der Waals surface area (Å²) in [5.74, 6) is 1.13. The molecule has 4 nitrogen and oxygen atoms in total. The maximum Gasteiger partial charge on any atom is 0.181 e.